The van der Waals surface area contributed by atoms with Crippen LogP contribution in [0, 0.1) is 0 Å². The Labute approximate surface area is 204 Å². The molecule has 0 N–H and O–H groups in total. The smallest absolute Gasteiger partial charge is 0.222 e. The van der Waals surface area contributed by atoms with E-state index in [1.165, 1.54) is 45.4 Å². The standard InChI is InChI=1S/C30H39N3O/c1-3-23-10-13-25(14-11-23)33-28-15-12-24(4-2)21-26(28)27-22-31(20-16-29(27)33)17-7-8-19-32-18-6-5-9-30(32)34/h10-15,21H,3-9,16-20,22H2,1-2H3. The summed E-state index contributed by atoms with van der Waals surface area (Å²) < 4.78 is 2.52. The molecule has 5 rings (SSSR count). The van der Waals surface area contributed by atoms with Gasteiger partial charge in [-0.25, -0.2) is 0 Å². The van der Waals surface area contributed by atoms with Crippen molar-refractivity contribution in [1.82, 2.24) is 14.4 Å². The van der Waals surface area contributed by atoms with Crippen molar-refractivity contribution in [2.75, 3.05) is 26.2 Å². The molecule has 0 bridgehead atoms. The van der Waals surface area contributed by atoms with Crippen molar-refractivity contribution < 1.29 is 4.79 Å². The van der Waals surface area contributed by atoms with Crippen LogP contribution in [0.5, 0.6) is 0 Å². The van der Waals surface area contributed by atoms with Crippen LogP contribution in [0.15, 0.2) is 42.5 Å². The lowest BCUT2D eigenvalue weighted by Gasteiger charge is -2.29. The molecule has 2 aliphatic rings. The predicted molar refractivity (Wildman–Crippen MR) is 141 cm³/mol. The van der Waals surface area contributed by atoms with Gasteiger partial charge < -0.3 is 9.47 Å². The number of fused-ring (bicyclic) bond motifs is 3. The fraction of sp³-hybridized carbons (Fsp3) is 0.500. The van der Waals surface area contributed by atoms with E-state index in [-0.39, 0.29) is 0 Å². The molecule has 1 amide bonds. The highest BCUT2D eigenvalue weighted by molar-refractivity contribution is 5.88. The Morgan fingerprint density at radius 1 is 0.824 bits per heavy atom. The van der Waals surface area contributed by atoms with E-state index in [9.17, 15) is 4.79 Å². The van der Waals surface area contributed by atoms with Gasteiger partial charge in [0.2, 0.25) is 5.91 Å². The number of unbranched alkanes of at least 4 members (excludes halogenated alkanes) is 1. The Morgan fingerprint density at radius 2 is 1.59 bits per heavy atom. The molecule has 2 aliphatic heterocycles. The first-order valence-corrected chi connectivity index (χ1v) is 13.4. The summed E-state index contributed by atoms with van der Waals surface area (Å²) in [4.78, 5) is 16.8. The number of carbonyl (C=O) groups excluding carboxylic acids is 1. The first-order valence-electron chi connectivity index (χ1n) is 13.4. The first-order chi connectivity index (χ1) is 16.7. The average molecular weight is 458 g/mol. The van der Waals surface area contributed by atoms with Crippen molar-refractivity contribution >= 4 is 16.8 Å². The monoisotopic (exact) mass is 457 g/mol. The minimum Gasteiger partial charge on any atom is -0.343 e. The van der Waals surface area contributed by atoms with E-state index in [0.29, 0.717) is 5.91 Å². The molecule has 34 heavy (non-hydrogen) atoms. The number of aromatic nitrogens is 1. The maximum atomic E-state index is 12.1. The Morgan fingerprint density at radius 3 is 2.35 bits per heavy atom. The van der Waals surface area contributed by atoms with Crippen LogP contribution in [0.25, 0.3) is 16.6 Å². The number of hydrogen-bond acceptors (Lipinski definition) is 2. The van der Waals surface area contributed by atoms with E-state index >= 15 is 0 Å². The van der Waals surface area contributed by atoms with Crippen LogP contribution >= 0.6 is 0 Å². The summed E-state index contributed by atoms with van der Waals surface area (Å²) in [5.74, 6) is 0.361. The molecule has 0 unspecified atom stereocenters. The molecular formula is C30H39N3O. The third-order valence-corrected chi connectivity index (χ3v) is 7.88. The fourth-order valence-corrected chi connectivity index (χ4v) is 5.78. The van der Waals surface area contributed by atoms with E-state index in [0.717, 1.165) is 77.7 Å². The number of hydrogen-bond donors (Lipinski definition) is 0. The number of piperidine rings is 1. The minimum absolute atomic E-state index is 0.361. The quantitative estimate of drug-likeness (QED) is 0.394. The molecule has 3 aromatic rings. The summed E-state index contributed by atoms with van der Waals surface area (Å²) in [5.41, 5.74) is 8.44. The van der Waals surface area contributed by atoms with E-state index in [2.05, 4.69) is 70.7 Å². The number of aryl methyl sites for hydroxylation is 2. The highest BCUT2D eigenvalue weighted by atomic mass is 16.2. The van der Waals surface area contributed by atoms with Crippen LogP contribution in [0.2, 0.25) is 0 Å². The maximum absolute atomic E-state index is 12.1. The largest absolute Gasteiger partial charge is 0.343 e. The Kier molecular flexibility index (Phi) is 7.05. The molecule has 4 nitrogen and oxygen atoms in total. The number of likely N-dealkylation sites (tertiary alicyclic amines) is 1. The highest BCUT2D eigenvalue weighted by Gasteiger charge is 2.25. The fourth-order valence-electron chi connectivity index (χ4n) is 5.78. The van der Waals surface area contributed by atoms with Gasteiger partial charge in [0.05, 0.1) is 5.52 Å². The van der Waals surface area contributed by atoms with Crippen molar-refractivity contribution in [3.8, 4) is 5.69 Å². The second-order valence-electron chi connectivity index (χ2n) is 10.1. The van der Waals surface area contributed by atoms with Crippen LogP contribution < -0.4 is 0 Å². The zero-order chi connectivity index (χ0) is 23.5. The number of benzene rings is 2. The van der Waals surface area contributed by atoms with Gasteiger partial charge in [0.25, 0.3) is 0 Å². The molecule has 0 saturated carbocycles. The van der Waals surface area contributed by atoms with Gasteiger partial charge >= 0.3 is 0 Å². The molecule has 1 saturated heterocycles. The molecule has 0 radical (unpaired) electrons. The second-order valence-corrected chi connectivity index (χ2v) is 10.1. The molecular weight excluding hydrogens is 418 g/mol. The Balaban J connectivity index is 1.34. The SMILES string of the molecule is CCc1ccc(-n2c3c(c4cc(CC)ccc42)CN(CCCCN2CCCCC2=O)CC3)cc1. The number of nitrogens with zero attached hydrogens (tertiary/aromatic N) is 3. The zero-order valence-electron chi connectivity index (χ0n) is 21.0. The van der Waals surface area contributed by atoms with Crippen LogP contribution in [0.3, 0.4) is 0 Å². The van der Waals surface area contributed by atoms with E-state index < -0.39 is 0 Å². The first kappa shape index (κ1) is 23.2. The average Bonchev–Trinajstić information content (AvgIpc) is 3.20. The minimum atomic E-state index is 0.361. The van der Waals surface area contributed by atoms with Gasteiger partial charge in [-0.05, 0) is 86.0 Å². The summed E-state index contributed by atoms with van der Waals surface area (Å²) in [6.07, 6.45) is 8.50. The van der Waals surface area contributed by atoms with Gasteiger partial charge in [-0.3, -0.25) is 9.69 Å². The van der Waals surface area contributed by atoms with Crippen molar-refractivity contribution in [2.45, 2.75) is 71.8 Å². The van der Waals surface area contributed by atoms with Gasteiger partial charge in [-0.2, -0.15) is 0 Å². The summed E-state index contributed by atoms with van der Waals surface area (Å²) in [6, 6.07) is 16.2. The highest BCUT2D eigenvalue weighted by Crippen LogP contribution is 2.34. The van der Waals surface area contributed by atoms with E-state index in [1.54, 1.807) is 0 Å². The number of carbonyl (C=O) groups is 1. The lowest BCUT2D eigenvalue weighted by Crippen LogP contribution is -2.36. The Bertz CT molecular complexity index is 1140. The van der Waals surface area contributed by atoms with Gasteiger partial charge in [-0.1, -0.05) is 32.0 Å². The second kappa shape index (κ2) is 10.4. The van der Waals surface area contributed by atoms with Gasteiger partial charge in [0.15, 0.2) is 0 Å². The molecule has 4 heteroatoms. The third-order valence-electron chi connectivity index (χ3n) is 7.88. The third kappa shape index (κ3) is 4.65. The van der Waals surface area contributed by atoms with Crippen molar-refractivity contribution in [1.29, 1.82) is 0 Å². The lowest BCUT2D eigenvalue weighted by molar-refractivity contribution is -0.133. The van der Waals surface area contributed by atoms with Crippen molar-refractivity contribution in [2.24, 2.45) is 0 Å². The molecule has 0 aliphatic carbocycles. The summed E-state index contributed by atoms with van der Waals surface area (Å²) in [6.45, 7) is 9.62. The van der Waals surface area contributed by atoms with E-state index in [1.807, 2.05) is 0 Å². The topological polar surface area (TPSA) is 28.5 Å². The zero-order valence-corrected chi connectivity index (χ0v) is 21.0. The Hall–Kier alpha value is -2.59. The van der Waals surface area contributed by atoms with Gasteiger partial charge in [-0.15, -0.1) is 0 Å². The van der Waals surface area contributed by atoms with Crippen molar-refractivity contribution in [3.63, 3.8) is 0 Å². The molecule has 2 aromatic carbocycles. The molecule has 0 atom stereocenters. The van der Waals surface area contributed by atoms with Gasteiger partial charge in [0, 0.05) is 55.8 Å². The summed E-state index contributed by atoms with van der Waals surface area (Å²) in [5, 5.41) is 1.43. The maximum Gasteiger partial charge on any atom is 0.222 e. The molecule has 0 spiro atoms. The van der Waals surface area contributed by atoms with Crippen LogP contribution in [0.1, 0.15) is 68.3 Å². The van der Waals surface area contributed by atoms with Crippen LogP contribution in [-0.2, 0) is 30.6 Å². The lowest BCUT2D eigenvalue weighted by atomic mass is 10.0. The molecule has 1 fully saturated rings. The number of rotatable bonds is 8. The van der Waals surface area contributed by atoms with Crippen LogP contribution in [-0.4, -0.2) is 46.5 Å². The molecule has 3 heterocycles. The summed E-state index contributed by atoms with van der Waals surface area (Å²) >= 11 is 0. The molecule has 180 valence electrons. The normalized spacial score (nSPS) is 16.9. The van der Waals surface area contributed by atoms with Crippen molar-refractivity contribution in [3.05, 3.63) is 64.8 Å². The predicted octanol–water partition coefficient (Wildman–Crippen LogP) is 5.91. The van der Waals surface area contributed by atoms with Crippen LogP contribution in [0.4, 0.5) is 0 Å². The summed E-state index contributed by atoms with van der Waals surface area (Å²) in [7, 11) is 0. The van der Waals surface area contributed by atoms with E-state index in [4.69, 9.17) is 0 Å². The van der Waals surface area contributed by atoms with Gasteiger partial charge in [0.1, 0.15) is 0 Å². The molecule has 1 aromatic heterocycles. The number of amides is 1.